The molecule has 1 aliphatic rings. The van der Waals surface area contributed by atoms with Gasteiger partial charge in [-0.15, -0.1) is 0 Å². The number of halogens is 1. The van der Waals surface area contributed by atoms with Gasteiger partial charge in [0.15, 0.2) is 9.84 Å². The first-order valence-electron chi connectivity index (χ1n) is 10.5. The number of piperidine rings is 1. The van der Waals surface area contributed by atoms with E-state index in [9.17, 15) is 17.6 Å². The Morgan fingerprint density at radius 2 is 1.38 bits per heavy atom. The number of hydrogen-bond donors (Lipinski definition) is 0. The number of rotatable bonds is 3. The van der Waals surface area contributed by atoms with Gasteiger partial charge in [0.2, 0.25) is 0 Å². The highest BCUT2D eigenvalue weighted by atomic mass is 32.2. The number of para-hydroxylation sites is 2. The third-order valence-corrected chi connectivity index (χ3v) is 8.39. The van der Waals surface area contributed by atoms with Gasteiger partial charge in [0.25, 0.3) is 5.91 Å². The number of pyridine rings is 1. The number of hydrogen-bond acceptors (Lipinski definition) is 4. The van der Waals surface area contributed by atoms with Gasteiger partial charge in [0.05, 0.1) is 26.7 Å². The molecule has 0 spiro atoms. The molecule has 5 nitrogen and oxygen atoms in total. The highest BCUT2D eigenvalue weighted by Gasteiger charge is 2.33. The minimum atomic E-state index is -3.58. The Morgan fingerprint density at radius 3 is 1.94 bits per heavy atom. The highest BCUT2D eigenvalue weighted by Crippen LogP contribution is 2.30. The van der Waals surface area contributed by atoms with Gasteiger partial charge in [-0.25, -0.2) is 17.8 Å². The molecule has 0 radical (unpaired) electrons. The Morgan fingerprint density at radius 1 is 0.844 bits per heavy atom. The lowest BCUT2D eigenvalue weighted by molar-refractivity contribution is 0.0729. The molecule has 2 heterocycles. The summed E-state index contributed by atoms with van der Waals surface area (Å²) < 4.78 is 39.1. The molecule has 4 aromatic rings. The summed E-state index contributed by atoms with van der Waals surface area (Å²) in [4.78, 5) is 20.1. The largest absolute Gasteiger partial charge is 0.339 e. The van der Waals surface area contributed by atoms with Crippen LogP contribution in [0.15, 0.2) is 77.7 Å². The minimum absolute atomic E-state index is 0.113. The molecule has 5 rings (SSSR count). The molecule has 1 aliphatic heterocycles. The van der Waals surface area contributed by atoms with Gasteiger partial charge in [0.1, 0.15) is 5.82 Å². The summed E-state index contributed by atoms with van der Waals surface area (Å²) in [6.07, 6.45) is 0.679. The van der Waals surface area contributed by atoms with Crippen molar-refractivity contribution in [3.63, 3.8) is 0 Å². The van der Waals surface area contributed by atoms with Crippen molar-refractivity contribution < 1.29 is 17.6 Å². The lowest BCUT2D eigenvalue weighted by atomic mass is 10.00. The molecular weight excluding hydrogens is 427 g/mol. The second kappa shape index (κ2) is 7.98. The number of carbonyl (C=O) groups is 1. The van der Waals surface area contributed by atoms with Gasteiger partial charge >= 0.3 is 0 Å². The van der Waals surface area contributed by atoms with Gasteiger partial charge in [-0.2, -0.15) is 0 Å². The van der Waals surface area contributed by atoms with Crippen LogP contribution in [0, 0.1) is 5.82 Å². The average Bonchev–Trinajstić information content (AvgIpc) is 2.82. The molecule has 1 fully saturated rings. The van der Waals surface area contributed by atoms with Crippen LogP contribution in [-0.2, 0) is 9.84 Å². The number of amides is 1. The Bertz CT molecular complexity index is 1370. The van der Waals surface area contributed by atoms with Crippen molar-refractivity contribution >= 4 is 37.6 Å². The molecule has 0 bridgehead atoms. The fourth-order valence-electron chi connectivity index (χ4n) is 4.41. The SMILES string of the molecule is O=C(c1c2ccccc2nc2ccccc12)N1CCC(S(=O)(=O)c2ccc(F)cc2)CC1. The predicted octanol–water partition coefficient (Wildman–Crippen LogP) is 4.61. The van der Waals surface area contributed by atoms with E-state index in [1.807, 2.05) is 48.5 Å². The van der Waals surface area contributed by atoms with E-state index < -0.39 is 20.9 Å². The Balaban J connectivity index is 1.44. The molecule has 32 heavy (non-hydrogen) atoms. The topological polar surface area (TPSA) is 67.3 Å². The molecule has 7 heteroatoms. The number of likely N-dealkylation sites (tertiary alicyclic amines) is 1. The second-order valence-electron chi connectivity index (χ2n) is 8.01. The first-order valence-corrected chi connectivity index (χ1v) is 12.1. The third-order valence-electron chi connectivity index (χ3n) is 6.11. The monoisotopic (exact) mass is 448 g/mol. The van der Waals surface area contributed by atoms with Crippen molar-refractivity contribution in [2.75, 3.05) is 13.1 Å². The molecule has 1 amide bonds. The van der Waals surface area contributed by atoms with E-state index in [4.69, 9.17) is 0 Å². The molecule has 1 aromatic heterocycles. The van der Waals surface area contributed by atoms with Crippen LogP contribution >= 0.6 is 0 Å². The van der Waals surface area contributed by atoms with Crippen molar-refractivity contribution in [1.82, 2.24) is 9.88 Å². The molecule has 0 saturated carbocycles. The number of sulfone groups is 1. The maximum absolute atomic E-state index is 13.6. The van der Waals surface area contributed by atoms with Crippen LogP contribution in [0.1, 0.15) is 23.2 Å². The van der Waals surface area contributed by atoms with Crippen LogP contribution in [0.3, 0.4) is 0 Å². The Kier molecular flexibility index (Phi) is 5.13. The summed E-state index contributed by atoms with van der Waals surface area (Å²) >= 11 is 0. The van der Waals surface area contributed by atoms with Gasteiger partial charge in [0, 0.05) is 23.9 Å². The van der Waals surface area contributed by atoms with Crippen LogP contribution in [0.4, 0.5) is 4.39 Å². The standard InChI is InChI=1S/C25H21FN2O3S/c26-17-9-11-18(12-10-17)32(30,31)19-13-15-28(16-14-19)25(29)24-20-5-1-3-7-22(20)27-23-8-4-2-6-21(23)24/h1-12,19H,13-16H2. The summed E-state index contributed by atoms with van der Waals surface area (Å²) in [6, 6.07) is 20.1. The van der Waals surface area contributed by atoms with Crippen LogP contribution in [0.5, 0.6) is 0 Å². The number of nitrogens with zero attached hydrogens (tertiary/aromatic N) is 2. The van der Waals surface area contributed by atoms with Gasteiger partial charge in [-0.05, 0) is 49.2 Å². The van der Waals surface area contributed by atoms with Crippen molar-refractivity contribution in [3.8, 4) is 0 Å². The zero-order chi connectivity index (χ0) is 22.3. The summed E-state index contributed by atoms with van der Waals surface area (Å²) in [5, 5.41) is 0.984. The summed E-state index contributed by atoms with van der Waals surface area (Å²) in [5.41, 5.74) is 2.11. The number of benzene rings is 3. The van der Waals surface area contributed by atoms with Gasteiger partial charge in [-0.1, -0.05) is 36.4 Å². The first-order chi connectivity index (χ1) is 15.4. The number of aromatic nitrogens is 1. The summed E-state index contributed by atoms with van der Waals surface area (Å²) in [5.74, 6) is -0.585. The van der Waals surface area contributed by atoms with E-state index in [0.717, 1.165) is 33.9 Å². The van der Waals surface area contributed by atoms with E-state index in [1.54, 1.807) is 4.90 Å². The minimum Gasteiger partial charge on any atom is -0.339 e. The summed E-state index contributed by atoms with van der Waals surface area (Å²) in [7, 11) is -3.58. The second-order valence-corrected chi connectivity index (χ2v) is 10.2. The normalized spacial score (nSPS) is 15.3. The van der Waals surface area contributed by atoms with Crippen LogP contribution in [-0.4, -0.2) is 42.5 Å². The van der Waals surface area contributed by atoms with Crippen molar-refractivity contribution in [1.29, 1.82) is 0 Å². The van der Waals surface area contributed by atoms with E-state index in [2.05, 4.69) is 4.98 Å². The van der Waals surface area contributed by atoms with Crippen molar-refractivity contribution in [2.45, 2.75) is 23.0 Å². The Hall–Kier alpha value is -3.32. The van der Waals surface area contributed by atoms with Gasteiger partial charge in [-0.3, -0.25) is 4.79 Å². The lowest BCUT2D eigenvalue weighted by Gasteiger charge is -2.32. The zero-order valence-corrected chi connectivity index (χ0v) is 18.1. The predicted molar refractivity (Wildman–Crippen MR) is 122 cm³/mol. The zero-order valence-electron chi connectivity index (χ0n) is 17.2. The van der Waals surface area contributed by atoms with E-state index >= 15 is 0 Å². The molecule has 0 unspecified atom stereocenters. The van der Waals surface area contributed by atoms with Crippen molar-refractivity contribution in [2.24, 2.45) is 0 Å². The maximum Gasteiger partial charge on any atom is 0.255 e. The molecule has 0 atom stereocenters. The third kappa shape index (κ3) is 3.52. The number of fused-ring (bicyclic) bond motifs is 2. The average molecular weight is 449 g/mol. The maximum atomic E-state index is 13.6. The first kappa shape index (κ1) is 20.6. The molecular formula is C25H21FN2O3S. The van der Waals surface area contributed by atoms with Crippen LogP contribution in [0.25, 0.3) is 21.8 Å². The van der Waals surface area contributed by atoms with E-state index in [1.165, 1.54) is 12.1 Å². The van der Waals surface area contributed by atoms with Crippen LogP contribution < -0.4 is 0 Å². The lowest BCUT2D eigenvalue weighted by Crippen LogP contribution is -2.42. The molecule has 1 saturated heterocycles. The molecule has 0 N–H and O–H groups in total. The van der Waals surface area contributed by atoms with Gasteiger partial charge < -0.3 is 4.90 Å². The quantitative estimate of drug-likeness (QED) is 0.339. The van der Waals surface area contributed by atoms with E-state index in [-0.39, 0.29) is 10.8 Å². The summed E-state index contributed by atoms with van der Waals surface area (Å²) in [6.45, 7) is 0.684. The smallest absolute Gasteiger partial charge is 0.255 e. The van der Waals surface area contributed by atoms with Crippen molar-refractivity contribution in [3.05, 3.63) is 84.2 Å². The Labute approximate surface area is 185 Å². The van der Waals surface area contributed by atoms with Crippen LogP contribution in [0.2, 0.25) is 0 Å². The molecule has 0 aliphatic carbocycles. The molecule has 3 aromatic carbocycles. The highest BCUT2D eigenvalue weighted by molar-refractivity contribution is 7.92. The fraction of sp³-hybridized carbons (Fsp3) is 0.200. The fourth-order valence-corrected chi connectivity index (χ4v) is 6.15. The van der Waals surface area contributed by atoms with E-state index in [0.29, 0.717) is 31.5 Å². The number of carbonyl (C=O) groups excluding carboxylic acids is 1. The molecule has 162 valence electrons.